The summed E-state index contributed by atoms with van der Waals surface area (Å²) in [6.45, 7) is 1.69. The summed E-state index contributed by atoms with van der Waals surface area (Å²) in [5.74, 6) is 0.881. The number of anilines is 1. The Hall–Kier alpha value is -0.330. The zero-order valence-corrected chi connectivity index (χ0v) is 12.0. The van der Waals surface area contributed by atoms with Gasteiger partial charge < -0.3 is 10.1 Å². The molecule has 0 unspecified atom stereocenters. The quantitative estimate of drug-likeness (QED) is 0.826. The average molecular weight is 273 g/mol. The third-order valence-electron chi connectivity index (χ3n) is 3.26. The third-order valence-corrected chi connectivity index (χ3v) is 5.39. The summed E-state index contributed by atoms with van der Waals surface area (Å²) in [7, 11) is 1.70. The fourth-order valence-corrected chi connectivity index (χ4v) is 3.40. The first-order chi connectivity index (χ1) is 8.28. The highest BCUT2D eigenvalue weighted by Crippen LogP contribution is 2.42. The number of hydrogen-bond acceptors (Lipinski definition) is 6. The summed E-state index contributed by atoms with van der Waals surface area (Å²) in [6.07, 6.45) is 6.98. The highest BCUT2D eigenvalue weighted by atomic mass is 32.2. The molecule has 1 fully saturated rings. The monoisotopic (exact) mass is 273 g/mol. The van der Waals surface area contributed by atoms with E-state index in [1.54, 1.807) is 7.11 Å². The van der Waals surface area contributed by atoms with Gasteiger partial charge >= 0.3 is 0 Å². The fraction of sp³-hybridized carbons (Fsp3) is 0.818. The molecule has 1 saturated carbocycles. The lowest BCUT2D eigenvalue weighted by Gasteiger charge is -2.40. The minimum absolute atomic E-state index is 0.443. The van der Waals surface area contributed by atoms with Crippen molar-refractivity contribution in [2.45, 2.75) is 30.4 Å². The average Bonchev–Trinajstić information content (AvgIpc) is 2.74. The van der Waals surface area contributed by atoms with Gasteiger partial charge in [-0.2, -0.15) is 16.1 Å². The first-order valence-corrected chi connectivity index (χ1v) is 7.88. The summed E-state index contributed by atoms with van der Waals surface area (Å²) in [5.41, 5.74) is 0. The van der Waals surface area contributed by atoms with Gasteiger partial charge in [-0.25, -0.2) is 4.98 Å². The summed E-state index contributed by atoms with van der Waals surface area (Å²) in [4.78, 5) is 4.45. The van der Waals surface area contributed by atoms with Gasteiger partial charge in [0.1, 0.15) is 5.82 Å². The summed E-state index contributed by atoms with van der Waals surface area (Å²) < 4.78 is 9.76. The lowest BCUT2D eigenvalue weighted by atomic mass is 9.84. The molecule has 1 aliphatic rings. The van der Waals surface area contributed by atoms with E-state index in [1.807, 2.05) is 11.8 Å². The Kier molecular flexibility index (Phi) is 4.64. The van der Waals surface area contributed by atoms with E-state index in [2.05, 4.69) is 20.9 Å². The molecule has 0 aromatic carbocycles. The fourth-order valence-electron chi connectivity index (χ4n) is 1.88. The van der Waals surface area contributed by atoms with Crippen LogP contribution in [0.5, 0.6) is 0 Å². The first kappa shape index (κ1) is 13.1. The lowest BCUT2D eigenvalue weighted by molar-refractivity contribution is 0.201. The van der Waals surface area contributed by atoms with Crippen LogP contribution < -0.4 is 5.32 Å². The van der Waals surface area contributed by atoms with Crippen LogP contribution in [0.25, 0.3) is 0 Å². The highest BCUT2D eigenvalue weighted by Gasteiger charge is 2.35. The molecule has 1 aromatic rings. The molecule has 0 atom stereocenters. The van der Waals surface area contributed by atoms with Gasteiger partial charge in [-0.1, -0.05) is 6.42 Å². The molecule has 1 aromatic heterocycles. The van der Waals surface area contributed by atoms with Crippen LogP contribution in [0.15, 0.2) is 0 Å². The van der Waals surface area contributed by atoms with Gasteiger partial charge in [0.2, 0.25) is 5.13 Å². The van der Waals surface area contributed by atoms with Crippen molar-refractivity contribution < 1.29 is 4.74 Å². The predicted molar refractivity (Wildman–Crippen MR) is 74.1 cm³/mol. The molecule has 0 radical (unpaired) electrons. The zero-order chi connectivity index (χ0) is 12.1. The molecule has 4 nitrogen and oxygen atoms in total. The van der Waals surface area contributed by atoms with E-state index in [1.165, 1.54) is 30.8 Å². The van der Waals surface area contributed by atoms with Crippen molar-refractivity contribution >= 4 is 28.4 Å². The van der Waals surface area contributed by atoms with Crippen LogP contribution in [0.3, 0.4) is 0 Å². The molecule has 17 heavy (non-hydrogen) atoms. The van der Waals surface area contributed by atoms with Gasteiger partial charge in [-0.15, -0.1) is 0 Å². The largest absolute Gasteiger partial charge is 0.384 e. The second-order valence-corrected chi connectivity index (χ2v) is 6.38. The smallest absolute Gasteiger partial charge is 0.202 e. The van der Waals surface area contributed by atoms with E-state index in [9.17, 15) is 0 Å². The van der Waals surface area contributed by atoms with E-state index in [-0.39, 0.29) is 0 Å². The van der Waals surface area contributed by atoms with Crippen molar-refractivity contribution in [2.24, 2.45) is 0 Å². The van der Waals surface area contributed by atoms with E-state index in [0.29, 0.717) is 11.4 Å². The molecule has 1 N–H and O–H groups in total. The van der Waals surface area contributed by atoms with Gasteiger partial charge in [-0.3, -0.25) is 0 Å². The Labute approximate surface area is 111 Å². The second kappa shape index (κ2) is 6.02. The molecule has 0 amide bonds. The highest BCUT2D eigenvalue weighted by molar-refractivity contribution is 8.00. The number of ether oxygens (including phenoxy) is 1. The molecule has 96 valence electrons. The van der Waals surface area contributed by atoms with Crippen LogP contribution in [0.2, 0.25) is 0 Å². The number of nitrogens with one attached hydrogen (secondary N) is 1. The molecule has 0 aliphatic heterocycles. The molecular formula is C11H19N3OS2. The number of rotatable bonds is 7. The van der Waals surface area contributed by atoms with Gasteiger partial charge in [0.25, 0.3) is 0 Å². The topological polar surface area (TPSA) is 47.0 Å². The number of thioether (sulfide) groups is 1. The normalized spacial score (nSPS) is 17.8. The van der Waals surface area contributed by atoms with Crippen molar-refractivity contribution in [3.63, 3.8) is 0 Å². The predicted octanol–water partition coefficient (Wildman–Crippen LogP) is 2.42. The van der Waals surface area contributed by atoms with Gasteiger partial charge in [0, 0.05) is 36.4 Å². The minimum Gasteiger partial charge on any atom is -0.384 e. The molecule has 0 spiro atoms. The molecule has 1 heterocycles. The maximum atomic E-state index is 5.01. The Morgan fingerprint density at radius 1 is 1.53 bits per heavy atom. The number of aromatic nitrogens is 2. The van der Waals surface area contributed by atoms with E-state index < -0.39 is 0 Å². The molecule has 2 rings (SSSR count). The van der Waals surface area contributed by atoms with Crippen molar-refractivity contribution in [2.75, 3.05) is 31.8 Å². The Morgan fingerprint density at radius 2 is 2.35 bits per heavy atom. The molecule has 0 bridgehead atoms. The number of nitrogens with zero attached hydrogens (tertiary/aromatic N) is 2. The van der Waals surface area contributed by atoms with Gasteiger partial charge in [0.05, 0.1) is 6.61 Å². The Bertz CT molecular complexity index is 347. The molecule has 1 aliphatic carbocycles. The summed E-state index contributed by atoms with van der Waals surface area (Å²) >= 11 is 3.42. The van der Waals surface area contributed by atoms with Crippen LogP contribution in [0.4, 0.5) is 5.13 Å². The van der Waals surface area contributed by atoms with E-state index >= 15 is 0 Å². The van der Waals surface area contributed by atoms with Crippen LogP contribution >= 0.6 is 23.3 Å². The maximum Gasteiger partial charge on any atom is 0.202 e. The van der Waals surface area contributed by atoms with Crippen molar-refractivity contribution in [3.05, 3.63) is 5.82 Å². The van der Waals surface area contributed by atoms with Crippen LogP contribution in [0, 0.1) is 0 Å². The summed E-state index contributed by atoms with van der Waals surface area (Å²) in [5, 5.41) is 4.36. The van der Waals surface area contributed by atoms with Gasteiger partial charge in [0.15, 0.2) is 0 Å². The van der Waals surface area contributed by atoms with E-state index in [0.717, 1.165) is 23.9 Å². The van der Waals surface area contributed by atoms with Crippen LogP contribution in [-0.2, 0) is 11.2 Å². The third kappa shape index (κ3) is 3.33. The SMILES string of the molecule is COCCc1nsc(NCC2(SC)CCC2)n1. The lowest BCUT2D eigenvalue weighted by Crippen LogP contribution is -2.40. The Balaban J connectivity index is 1.80. The van der Waals surface area contributed by atoms with Crippen LogP contribution in [-0.4, -0.2) is 40.6 Å². The first-order valence-electron chi connectivity index (χ1n) is 5.88. The van der Waals surface area contributed by atoms with Crippen LogP contribution in [0.1, 0.15) is 25.1 Å². The standard InChI is InChI=1S/C11H19N3OS2/c1-15-7-4-9-13-10(17-14-9)12-8-11(16-2)5-3-6-11/h3-8H2,1-2H3,(H,12,13,14). The molecule has 6 heteroatoms. The van der Waals surface area contributed by atoms with Gasteiger partial charge in [-0.05, 0) is 19.1 Å². The second-order valence-electron chi connectivity index (χ2n) is 4.35. The minimum atomic E-state index is 0.443. The molecular weight excluding hydrogens is 254 g/mol. The summed E-state index contributed by atoms with van der Waals surface area (Å²) in [6, 6.07) is 0. The number of methoxy groups -OCH3 is 1. The number of hydrogen-bond donors (Lipinski definition) is 1. The maximum absolute atomic E-state index is 5.01. The van der Waals surface area contributed by atoms with E-state index in [4.69, 9.17) is 4.74 Å². The van der Waals surface area contributed by atoms with Crippen molar-refractivity contribution in [1.29, 1.82) is 0 Å². The zero-order valence-electron chi connectivity index (χ0n) is 10.4. The van der Waals surface area contributed by atoms with Crippen molar-refractivity contribution in [3.8, 4) is 0 Å². The van der Waals surface area contributed by atoms with Crippen molar-refractivity contribution in [1.82, 2.24) is 9.36 Å². The molecule has 0 saturated heterocycles. The Morgan fingerprint density at radius 3 is 2.94 bits per heavy atom.